The number of esters is 1. The van der Waals surface area contributed by atoms with E-state index in [1.54, 1.807) is 32.1 Å². The third-order valence-corrected chi connectivity index (χ3v) is 5.62. The lowest BCUT2D eigenvalue weighted by Crippen LogP contribution is -2.14. The van der Waals surface area contributed by atoms with Crippen LogP contribution in [0.3, 0.4) is 0 Å². The second-order valence-electron chi connectivity index (χ2n) is 5.85. The number of thioether (sulfide) groups is 1. The zero-order valence-corrected chi connectivity index (χ0v) is 19.8. The molecule has 1 N–H and O–H groups in total. The fourth-order valence-corrected chi connectivity index (χ4v) is 4.25. The van der Waals surface area contributed by atoms with Crippen LogP contribution in [0, 0.1) is 3.57 Å². The molecule has 30 heavy (non-hydrogen) atoms. The molecule has 1 aliphatic rings. The quantitative estimate of drug-likeness (QED) is 0.290. The number of carbonyl (C=O) groups is 2. The lowest BCUT2D eigenvalue weighted by molar-refractivity contribution is -0.138. The average molecular weight is 543 g/mol. The number of aliphatic hydroxyl groups excluding tert-OH is 1. The monoisotopic (exact) mass is 543 g/mol. The first-order valence-electron chi connectivity index (χ1n) is 9.09. The first-order valence-corrected chi connectivity index (χ1v) is 11.0. The van der Waals surface area contributed by atoms with Crippen LogP contribution in [0.15, 0.2) is 46.0 Å². The first-order chi connectivity index (χ1) is 14.4. The summed E-state index contributed by atoms with van der Waals surface area (Å²) in [5, 5.41) is 10.8. The molecule has 0 unspecified atom stereocenters. The molecule has 1 heterocycles. The Labute approximate surface area is 193 Å². The topological polar surface area (TPSA) is 94.4 Å². The number of methoxy groups -OCH3 is 1. The highest BCUT2D eigenvalue weighted by Gasteiger charge is 2.33. The third kappa shape index (κ3) is 5.66. The summed E-state index contributed by atoms with van der Waals surface area (Å²) in [6, 6.07) is 3.59. The molecule has 1 aromatic carbocycles. The van der Waals surface area contributed by atoms with E-state index < -0.39 is 11.9 Å². The summed E-state index contributed by atoms with van der Waals surface area (Å²) in [7, 11) is 1.53. The second-order valence-corrected chi connectivity index (χ2v) is 8.05. The van der Waals surface area contributed by atoms with Gasteiger partial charge in [0.15, 0.2) is 11.5 Å². The van der Waals surface area contributed by atoms with E-state index in [0.717, 1.165) is 15.3 Å². The minimum Gasteiger partial charge on any atom is -0.506 e. The van der Waals surface area contributed by atoms with Gasteiger partial charge in [-0.1, -0.05) is 31.3 Å². The summed E-state index contributed by atoms with van der Waals surface area (Å²) in [5.74, 6) is -0.297. The van der Waals surface area contributed by atoms with Gasteiger partial charge >= 0.3 is 5.97 Å². The Morgan fingerprint density at radius 1 is 1.33 bits per heavy atom. The van der Waals surface area contributed by atoms with E-state index in [9.17, 15) is 14.7 Å². The molecule has 0 atom stereocenters. The Morgan fingerprint density at radius 3 is 2.67 bits per heavy atom. The minimum atomic E-state index is -0.728. The van der Waals surface area contributed by atoms with Crippen LogP contribution in [-0.4, -0.2) is 42.4 Å². The van der Waals surface area contributed by atoms with Gasteiger partial charge in [0.25, 0.3) is 0 Å². The molecule has 0 aromatic heterocycles. The highest BCUT2D eigenvalue weighted by molar-refractivity contribution is 14.1. The van der Waals surface area contributed by atoms with Gasteiger partial charge in [0.2, 0.25) is 5.91 Å². The summed E-state index contributed by atoms with van der Waals surface area (Å²) < 4.78 is 16.9. The van der Waals surface area contributed by atoms with E-state index in [4.69, 9.17) is 14.2 Å². The molecule has 160 valence electrons. The SMILES string of the molecule is C=CCOc1c(I)cc(/C=C2\SC(=NC(=O)CC)C(C(=O)OCC)=C2O)cc1OC. The zero-order valence-electron chi connectivity index (χ0n) is 16.9. The summed E-state index contributed by atoms with van der Waals surface area (Å²) in [5.41, 5.74) is 0.602. The Kier molecular flexibility index (Phi) is 8.97. The molecule has 1 aliphatic heterocycles. The Bertz CT molecular complexity index is 951. The number of amides is 1. The predicted molar refractivity (Wildman–Crippen MR) is 126 cm³/mol. The molecule has 0 fully saturated rings. The van der Waals surface area contributed by atoms with E-state index in [0.29, 0.717) is 28.6 Å². The van der Waals surface area contributed by atoms with Gasteiger partial charge in [-0.25, -0.2) is 9.79 Å². The lowest BCUT2D eigenvalue weighted by atomic mass is 10.1. The predicted octanol–water partition coefficient (Wildman–Crippen LogP) is 4.66. The molecule has 0 saturated carbocycles. The maximum atomic E-state index is 12.3. The molecule has 0 spiro atoms. The van der Waals surface area contributed by atoms with E-state index in [1.807, 2.05) is 6.07 Å². The van der Waals surface area contributed by atoms with E-state index in [1.165, 1.54) is 7.11 Å². The largest absolute Gasteiger partial charge is 0.506 e. The number of hydrogen-bond donors (Lipinski definition) is 1. The van der Waals surface area contributed by atoms with Gasteiger partial charge in [-0.05, 0) is 53.3 Å². The number of aliphatic imine (C=N–C) groups is 1. The summed E-state index contributed by atoms with van der Waals surface area (Å²) in [6.07, 6.45) is 3.50. The highest BCUT2D eigenvalue weighted by atomic mass is 127. The van der Waals surface area contributed by atoms with Crippen molar-refractivity contribution < 1.29 is 28.9 Å². The van der Waals surface area contributed by atoms with E-state index in [2.05, 4.69) is 34.2 Å². The van der Waals surface area contributed by atoms with Gasteiger partial charge in [-0.15, -0.1) is 0 Å². The molecule has 7 nitrogen and oxygen atoms in total. The van der Waals surface area contributed by atoms with Crippen molar-refractivity contribution in [3.63, 3.8) is 0 Å². The second kappa shape index (κ2) is 11.2. The highest BCUT2D eigenvalue weighted by Crippen LogP contribution is 2.41. The standard InChI is InChI=1S/C21H22INO6S/c1-5-8-29-19-13(22)9-12(10-14(19)27-4)11-15-18(25)17(21(26)28-7-3)20(30-15)23-16(24)6-2/h5,9-11,25H,1,6-8H2,2-4H3/b15-11-,23-20?. The maximum absolute atomic E-state index is 12.3. The van der Waals surface area contributed by atoms with Crippen LogP contribution in [0.25, 0.3) is 6.08 Å². The van der Waals surface area contributed by atoms with Crippen molar-refractivity contribution >= 4 is 57.3 Å². The lowest BCUT2D eigenvalue weighted by Gasteiger charge is -2.12. The van der Waals surface area contributed by atoms with Crippen molar-refractivity contribution in [3.8, 4) is 11.5 Å². The van der Waals surface area contributed by atoms with Crippen molar-refractivity contribution in [1.82, 2.24) is 0 Å². The van der Waals surface area contributed by atoms with Gasteiger partial charge in [0.05, 0.1) is 22.2 Å². The average Bonchev–Trinajstić information content (AvgIpc) is 3.01. The number of rotatable bonds is 8. The van der Waals surface area contributed by atoms with Gasteiger partial charge < -0.3 is 19.3 Å². The summed E-state index contributed by atoms with van der Waals surface area (Å²) in [6.45, 7) is 7.43. The molecule has 2 rings (SSSR count). The number of carbonyl (C=O) groups excluding carboxylic acids is 2. The van der Waals surface area contributed by atoms with Crippen molar-refractivity contribution in [2.45, 2.75) is 20.3 Å². The number of nitrogens with zero attached hydrogens (tertiary/aromatic N) is 1. The van der Waals surface area contributed by atoms with E-state index in [-0.39, 0.29) is 29.4 Å². The number of aliphatic hydroxyl groups is 1. The number of halogens is 1. The van der Waals surface area contributed by atoms with Crippen LogP contribution in [-0.2, 0) is 14.3 Å². The molecule has 0 aliphatic carbocycles. The van der Waals surface area contributed by atoms with Crippen LogP contribution in [0.1, 0.15) is 25.8 Å². The van der Waals surface area contributed by atoms with Crippen molar-refractivity contribution in [3.05, 3.63) is 50.2 Å². The number of benzene rings is 1. The Morgan fingerprint density at radius 2 is 2.07 bits per heavy atom. The molecular formula is C21H22INO6S. The molecule has 0 saturated heterocycles. The Hall–Kier alpha value is -2.27. The van der Waals surface area contributed by atoms with Gasteiger partial charge in [-0.2, -0.15) is 0 Å². The summed E-state index contributed by atoms with van der Waals surface area (Å²) in [4.78, 5) is 28.4. The smallest absolute Gasteiger partial charge is 0.344 e. The minimum absolute atomic E-state index is 0.109. The molecular weight excluding hydrogens is 521 g/mol. The van der Waals surface area contributed by atoms with Crippen LogP contribution in [0.4, 0.5) is 0 Å². The number of hydrogen-bond acceptors (Lipinski definition) is 7. The summed E-state index contributed by atoms with van der Waals surface area (Å²) >= 11 is 3.16. The molecule has 1 aromatic rings. The third-order valence-electron chi connectivity index (χ3n) is 3.79. The first kappa shape index (κ1) is 24.0. The van der Waals surface area contributed by atoms with Crippen molar-refractivity contribution in [1.29, 1.82) is 0 Å². The number of ether oxygens (including phenoxy) is 3. The van der Waals surface area contributed by atoms with Crippen LogP contribution >= 0.6 is 34.4 Å². The fraction of sp³-hybridized carbons (Fsp3) is 0.286. The van der Waals surface area contributed by atoms with Crippen molar-refractivity contribution in [2.24, 2.45) is 4.99 Å². The molecule has 9 heteroatoms. The van der Waals surface area contributed by atoms with E-state index >= 15 is 0 Å². The maximum Gasteiger partial charge on any atom is 0.344 e. The molecule has 0 radical (unpaired) electrons. The van der Waals surface area contributed by atoms with Gasteiger partial charge in [0, 0.05) is 6.42 Å². The van der Waals surface area contributed by atoms with Gasteiger partial charge in [-0.3, -0.25) is 4.79 Å². The normalized spacial score (nSPS) is 16.1. The van der Waals surface area contributed by atoms with Gasteiger partial charge in [0.1, 0.15) is 23.0 Å². The molecule has 0 bridgehead atoms. The van der Waals surface area contributed by atoms with Crippen molar-refractivity contribution in [2.75, 3.05) is 20.3 Å². The van der Waals surface area contributed by atoms with Crippen LogP contribution in [0.2, 0.25) is 0 Å². The van der Waals surface area contributed by atoms with Crippen LogP contribution in [0.5, 0.6) is 11.5 Å². The molecule has 1 amide bonds. The fourth-order valence-electron chi connectivity index (χ4n) is 2.44. The Balaban J connectivity index is 2.51. The van der Waals surface area contributed by atoms with Crippen LogP contribution < -0.4 is 9.47 Å². The zero-order chi connectivity index (χ0) is 22.3.